The minimum atomic E-state index is -0.213. The van der Waals surface area contributed by atoms with Gasteiger partial charge in [-0.15, -0.1) is 0 Å². The molecule has 1 aliphatic rings. The summed E-state index contributed by atoms with van der Waals surface area (Å²) in [6, 6.07) is 10.6. The Labute approximate surface area is 153 Å². The maximum absolute atomic E-state index is 12.6. The van der Waals surface area contributed by atoms with Gasteiger partial charge in [-0.2, -0.15) is 0 Å². The first-order valence-corrected chi connectivity index (χ1v) is 8.56. The second kappa shape index (κ2) is 8.10. The lowest BCUT2D eigenvalue weighted by molar-refractivity contribution is 0.0644. The number of benzene rings is 2. The molecule has 0 radical (unpaired) electrons. The van der Waals surface area contributed by atoms with Crippen molar-refractivity contribution in [2.24, 2.45) is 0 Å². The summed E-state index contributed by atoms with van der Waals surface area (Å²) in [4.78, 5) is 12.6. The van der Waals surface area contributed by atoms with Crippen LogP contribution >= 0.6 is 0 Å². The molecule has 0 saturated heterocycles. The highest BCUT2D eigenvalue weighted by Gasteiger charge is 2.15. The zero-order valence-electron chi connectivity index (χ0n) is 15.2. The molecule has 3 rings (SSSR count). The molecule has 0 unspecified atom stereocenters. The lowest BCUT2D eigenvalue weighted by Gasteiger charge is -2.19. The van der Waals surface area contributed by atoms with Crippen LogP contribution in [0.5, 0.6) is 17.2 Å². The number of carbonyl (C=O) groups is 1. The Hall–Kier alpha value is -2.73. The van der Waals surface area contributed by atoms with Crippen LogP contribution in [0.15, 0.2) is 36.4 Å². The van der Waals surface area contributed by atoms with Gasteiger partial charge in [-0.25, -0.2) is 0 Å². The van der Waals surface area contributed by atoms with Gasteiger partial charge in [0, 0.05) is 22.9 Å². The molecule has 0 aromatic heterocycles. The molecular weight excluding hydrogens is 334 g/mol. The van der Waals surface area contributed by atoms with Crippen molar-refractivity contribution < 1.29 is 23.7 Å². The molecule has 0 bridgehead atoms. The summed E-state index contributed by atoms with van der Waals surface area (Å²) in [5, 5.41) is 2.88. The van der Waals surface area contributed by atoms with E-state index in [0.29, 0.717) is 48.3 Å². The monoisotopic (exact) mass is 357 g/mol. The predicted molar refractivity (Wildman–Crippen MR) is 98.3 cm³/mol. The number of fused-ring (bicyclic) bond motifs is 1. The van der Waals surface area contributed by atoms with Gasteiger partial charge in [0.15, 0.2) is 11.5 Å². The van der Waals surface area contributed by atoms with Crippen LogP contribution in [0, 0.1) is 0 Å². The molecule has 1 amide bonds. The summed E-state index contributed by atoms with van der Waals surface area (Å²) in [5.41, 5.74) is 2.01. The van der Waals surface area contributed by atoms with Gasteiger partial charge in [-0.3, -0.25) is 4.79 Å². The predicted octanol–water partition coefficient (Wildman–Crippen LogP) is 3.64. The molecule has 26 heavy (non-hydrogen) atoms. The van der Waals surface area contributed by atoms with Crippen LogP contribution in [-0.2, 0) is 11.3 Å². The van der Waals surface area contributed by atoms with Crippen molar-refractivity contribution in [3.63, 3.8) is 0 Å². The number of carbonyl (C=O) groups excluding carboxylic acids is 1. The minimum Gasteiger partial charge on any atom is -0.496 e. The SMILES string of the molecule is COc1ccc(C(=O)Nc2ccc3c(c2)OCCO3)cc1COC(C)C. The van der Waals surface area contributed by atoms with Gasteiger partial charge in [0.05, 0.1) is 19.8 Å². The van der Waals surface area contributed by atoms with E-state index in [-0.39, 0.29) is 12.0 Å². The topological polar surface area (TPSA) is 66.0 Å². The van der Waals surface area contributed by atoms with Gasteiger partial charge in [0.25, 0.3) is 5.91 Å². The number of amides is 1. The number of hydrogen-bond acceptors (Lipinski definition) is 5. The Bertz CT molecular complexity index is 788. The number of ether oxygens (including phenoxy) is 4. The highest BCUT2D eigenvalue weighted by atomic mass is 16.6. The van der Waals surface area contributed by atoms with Crippen molar-refractivity contribution in [2.45, 2.75) is 26.6 Å². The molecule has 138 valence electrons. The highest BCUT2D eigenvalue weighted by Crippen LogP contribution is 2.32. The van der Waals surface area contributed by atoms with Crippen molar-refractivity contribution >= 4 is 11.6 Å². The zero-order chi connectivity index (χ0) is 18.5. The molecule has 1 aliphatic heterocycles. The molecule has 1 N–H and O–H groups in total. The van der Waals surface area contributed by atoms with Gasteiger partial charge in [0.1, 0.15) is 19.0 Å². The standard InChI is InChI=1S/C20H23NO5/c1-13(2)26-12-15-10-14(4-6-17(15)23-3)20(22)21-16-5-7-18-19(11-16)25-9-8-24-18/h4-7,10-11,13H,8-9,12H2,1-3H3,(H,21,22). The van der Waals surface area contributed by atoms with Crippen LogP contribution in [0.4, 0.5) is 5.69 Å². The number of methoxy groups -OCH3 is 1. The number of rotatable bonds is 6. The third-order valence-electron chi connectivity index (χ3n) is 3.91. The third kappa shape index (κ3) is 4.26. The number of nitrogens with one attached hydrogen (secondary N) is 1. The molecule has 0 atom stereocenters. The molecule has 6 nitrogen and oxygen atoms in total. The fourth-order valence-electron chi connectivity index (χ4n) is 2.61. The van der Waals surface area contributed by atoms with Crippen molar-refractivity contribution in [3.05, 3.63) is 47.5 Å². The average molecular weight is 357 g/mol. The largest absolute Gasteiger partial charge is 0.496 e. The summed E-state index contributed by atoms with van der Waals surface area (Å²) in [6.07, 6.45) is 0.0925. The van der Waals surface area contributed by atoms with Crippen LogP contribution in [0.25, 0.3) is 0 Å². The molecule has 0 fully saturated rings. The van der Waals surface area contributed by atoms with Crippen molar-refractivity contribution in [1.29, 1.82) is 0 Å². The molecule has 0 aliphatic carbocycles. The molecule has 1 heterocycles. The average Bonchev–Trinajstić information content (AvgIpc) is 2.66. The second-order valence-electron chi connectivity index (χ2n) is 6.20. The van der Waals surface area contributed by atoms with E-state index < -0.39 is 0 Å². The Balaban J connectivity index is 1.75. The summed E-state index contributed by atoms with van der Waals surface area (Å²) in [5.74, 6) is 1.80. The Morgan fingerprint density at radius 1 is 1.12 bits per heavy atom. The maximum atomic E-state index is 12.6. The van der Waals surface area contributed by atoms with Gasteiger partial charge in [0.2, 0.25) is 0 Å². The van der Waals surface area contributed by atoms with Crippen molar-refractivity contribution in [3.8, 4) is 17.2 Å². The van der Waals surface area contributed by atoms with Crippen LogP contribution in [0.1, 0.15) is 29.8 Å². The smallest absolute Gasteiger partial charge is 0.255 e. The summed E-state index contributed by atoms with van der Waals surface area (Å²) < 4.78 is 22.0. The number of hydrogen-bond donors (Lipinski definition) is 1. The Morgan fingerprint density at radius 2 is 1.88 bits per heavy atom. The van der Waals surface area contributed by atoms with Crippen LogP contribution in [-0.4, -0.2) is 32.3 Å². The molecule has 6 heteroatoms. The molecule has 2 aromatic carbocycles. The van der Waals surface area contributed by atoms with E-state index in [1.54, 1.807) is 43.5 Å². The van der Waals surface area contributed by atoms with Crippen LogP contribution in [0.2, 0.25) is 0 Å². The Morgan fingerprint density at radius 3 is 2.62 bits per heavy atom. The van der Waals surface area contributed by atoms with Gasteiger partial charge in [-0.1, -0.05) is 0 Å². The van der Waals surface area contributed by atoms with E-state index in [4.69, 9.17) is 18.9 Å². The van der Waals surface area contributed by atoms with E-state index in [9.17, 15) is 4.79 Å². The van der Waals surface area contributed by atoms with E-state index in [1.165, 1.54) is 0 Å². The van der Waals surface area contributed by atoms with Crippen LogP contribution < -0.4 is 19.5 Å². The van der Waals surface area contributed by atoms with Crippen molar-refractivity contribution in [1.82, 2.24) is 0 Å². The maximum Gasteiger partial charge on any atom is 0.255 e. The lowest BCUT2D eigenvalue weighted by Crippen LogP contribution is -2.16. The Kier molecular flexibility index (Phi) is 5.63. The first kappa shape index (κ1) is 18.1. The summed E-state index contributed by atoms with van der Waals surface area (Å²) in [7, 11) is 1.60. The van der Waals surface area contributed by atoms with Gasteiger partial charge >= 0.3 is 0 Å². The van der Waals surface area contributed by atoms with Crippen molar-refractivity contribution in [2.75, 3.05) is 25.6 Å². The number of anilines is 1. The van der Waals surface area contributed by atoms with E-state index in [1.807, 2.05) is 13.8 Å². The molecule has 0 spiro atoms. The second-order valence-corrected chi connectivity index (χ2v) is 6.20. The van der Waals surface area contributed by atoms with E-state index in [0.717, 1.165) is 5.56 Å². The quantitative estimate of drug-likeness (QED) is 0.855. The molecular formula is C20H23NO5. The van der Waals surface area contributed by atoms with E-state index in [2.05, 4.69) is 5.32 Å². The summed E-state index contributed by atoms with van der Waals surface area (Å²) in [6.45, 7) is 5.34. The third-order valence-corrected chi connectivity index (χ3v) is 3.91. The zero-order valence-corrected chi connectivity index (χ0v) is 15.2. The lowest BCUT2D eigenvalue weighted by atomic mass is 10.1. The normalized spacial score (nSPS) is 12.8. The fourth-order valence-corrected chi connectivity index (χ4v) is 2.61. The summed E-state index contributed by atoms with van der Waals surface area (Å²) >= 11 is 0. The fraction of sp³-hybridized carbons (Fsp3) is 0.350. The first-order chi connectivity index (χ1) is 12.6. The van der Waals surface area contributed by atoms with Gasteiger partial charge in [-0.05, 0) is 44.2 Å². The minimum absolute atomic E-state index is 0.0925. The van der Waals surface area contributed by atoms with Gasteiger partial charge < -0.3 is 24.3 Å². The van der Waals surface area contributed by atoms with Crippen LogP contribution in [0.3, 0.4) is 0 Å². The van der Waals surface area contributed by atoms with E-state index >= 15 is 0 Å². The molecule has 2 aromatic rings. The highest BCUT2D eigenvalue weighted by molar-refractivity contribution is 6.04. The first-order valence-electron chi connectivity index (χ1n) is 8.56. The molecule has 0 saturated carbocycles.